The predicted molar refractivity (Wildman–Crippen MR) is 65.6 cm³/mol. The topological polar surface area (TPSA) is 60.2 Å². The number of ether oxygens (including phenoxy) is 1. The molecule has 0 atom stereocenters. The summed E-state index contributed by atoms with van der Waals surface area (Å²) in [6.45, 7) is -2.13. The van der Waals surface area contributed by atoms with Crippen molar-refractivity contribution in [1.82, 2.24) is 15.5 Å². The van der Waals surface area contributed by atoms with Crippen molar-refractivity contribution in [2.75, 3.05) is 0 Å². The lowest BCUT2D eigenvalue weighted by atomic mass is 10.2. The first-order valence-corrected chi connectivity index (χ1v) is 6.13. The second-order valence-corrected chi connectivity index (χ2v) is 4.50. The lowest BCUT2D eigenvalue weighted by molar-refractivity contribution is -0.0505. The molecular formula is C11H10BrF2N3O2. The summed E-state index contributed by atoms with van der Waals surface area (Å²) >= 11 is 3.28. The number of rotatable bonds is 6. The monoisotopic (exact) mass is 333 g/mol. The van der Waals surface area contributed by atoms with Gasteiger partial charge < -0.3 is 14.6 Å². The molecule has 0 amide bonds. The minimum absolute atomic E-state index is 0.138. The fourth-order valence-electron chi connectivity index (χ4n) is 1.48. The van der Waals surface area contributed by atoms with Crippen molar-refractivity contribution in [3.8, 4) is 5.75 Å². The van der Waals surface area contributed by atoms with Crippen LogP contribution in [0.25, 0.3) is 0 Å². The van der Waals surface area contributed by atoms with Crippen molar-refractivity contribution in [3.05, 3.63) is 40.5 Å². The lowest BCUT2D eigenvalue weighted by Gasteiger charge is -2.11. The van der Waals surface area contributed by atoms with E-state index in [1.165, 1.54) is 12.5 Å². The van der Waals surface area contributed by atoms with Crippen molar-refractivity contribution in [2.24, 2.45) is 0 Å². The third-order valence-corrected chi connectivity index (χ3v) is 2.74. The van der Waals surface area contributed by atoms with Gasteiger partial charge in [0.2, 0.25) is 6.39 Å². The second-order valence-electron chi connectivity index (χ2n) is 3.58. The van der Waals surface area contributed by atoms with Crippen molar-refractivity contribution in [1.29, 1.82) is 0 Å². The van der Waals surface area contributed by atoms with Crippen molar-refractivity contribution in [3.63, 3.8) is 0 Å². The van der Waals surface area contributed by atoms with Gasteiger partial charge in [-0.3, -0.25) is 0 Å². The van der Waals surface area contributed by atoms with Gasteiger partial charge in [-0.25, -0.2) is 0 Å². The summed E-state index contributed by atoms with van der Waals surface area (Å²) in [4.78, 5) is 3.84. The molecule has 1 aromatic carbocycles. The number of aromatic nitrogens is 2. The third kappa shape index (κ3) is 4.25. The highest BCUT2D eigenvalue weighted by atomic mass is 79.9. The van der Waals surface area contributed by atoms with Crippen LogP contribution in [0.2, 0.25) is 0 Å². The lowest BCUT2D eigenvalue weighted by Crippen LogP contribution is -2.15. The van der Waals surface area contributed by atoms with E-state index in [2.05, 4.69) is 40.6 Å². The zero-order valence-corrected chi connectivity index (χ0v) is 11.2. The molecule has 0 aliphatic rings. The van der Waals surface area contributed by atoms with Crippen molar-refractivity contribution in [2.45, 2.75) is 19.7 Å². The van der Waals surface area contributed by atoms with E-state index < -0.39 is 6.61 Å². The van der Waals surface area contributed by atoms with E-state index in [1.807, 2.05) is 0 Å². The Balaban J connectivity index is 1.99. The number of hydrogen-bond acceptors (Lipinski definition) is 5. The van der Waals surface area contributed by atoms with Crippen LogP contribution in [0.3, 0.4) is 0 Å². The van der Waals surface area contributed by atoms with Crippen LogP contribution in [0.15, 0.2) is 33.6 Å². The Labute approximate surface area is 116 Å². The maximum atomic E-state index is 12.3. The van der Waals surface area contributed by atoms with Gasteiger partial charge in [-0.2, -0.15) is 13.8 Å². The molecule has 0 radical (unpaired) electrons. The number of alkyl halides is 2. The Morgan fingerprint density at radius 2 is 2.21 bits per heavy atom. The summed E-state index contributed by atoms with van der Waals surface area (Å²) < 4.78 is 34.3. The molecule has 8 heteroatoms. The number of nitrogens with one attached hydrogen (secondary N) is 1. The summed E-state index contributed by atoms with van der Waals surface area (Å²) in [5.74, 6) is 0.630. The van der Waals surface area contributed by atoms with Crippen LogP contribution in [-0.2, 0) is 13.1 Å². The van der Waals surface area contributed by atoms with E-state index in [4.69, 9.17) is 0 Å². The molecule has 1 N–H and O–H groups in total. The molecule has 102 valence electrons. The normalized spacial score (nSPS) is 10.9. The fourth-order valence-corrected chi connectivity index (χ4v) is 1.88. The predicted octanol–water partition coefficient (Wildman–Crippen LogP) is 2.72. The van der Waals surface area contributed by atoms with Crippen molar-refractivity contribution >= 4 is 15.9 Å². The summed E-state index contributed by atoms with van der Waals surface area (Å²) in [7, 11) is 0. The van der Waals surface area contributed by atoms with Crippen LogP contribution in [0, 0.1) is 0 Å². The summed E-state index contributed by atoms with van der Waals surface area (Å²) in [6.07, 6.45) is 1.22. The number of benzene rings is 1. The van der Waals surface area contributed by atoms with Crippen LogP contribution in [0.4, 0.5) is 8.78 Å². The highest BCUT2D eigenvalue weighted by Crippen LogP contribution is 2.24. The SMILES string of the molecule is FC(F)Oc1ccc(Br)cc1CNCc1ncon1. The molecule has 0 saturated heterocycles. The number of nitrogens with zero attached hydrogens (tertiary/aromatic N) is 2. The van der Waals surface area contributed by atoms with Gasteiger partial charge in [0.15, 0.2) is 5.82 Å². The zero-order chi connectivity index (χ0) is 13.7. The molecule has 0 spiro atoms. The molecule has 0 fully saturated rings. The molecule has 0 unspecified atom stereocenters. The van der Waals surface area contributed by atoms with Crippen molar-refractivity contribution < 1.29 is 18.0 Å². The maximum Gasteiger partial charge on any atom is 0.387 e. The summed E-state index contributed by atoms with van der Waals surface area (Å²) in [6, 6.07) is 4.84. The molecule has 19 heavy (non-hydrogen) atoms. The van der Waals surface area contributed by atoms with Gasteiger partial charge in [0.1, 0.15) is 5.75 Å². The van der Waals surface area contributed by atoms with Gasteiger partial charge in [0, 0.05) is 16.6 Å². The van der Waals surface area contributed by atoms with Crippen LogP contribution >= 0.6 is 15.9 Å². The minimum atomic E-state index is -2.85. The summed E-state index contributed by atoms with van der Waals surface area (Å²) in [5, 5.41) is 6.64. The average molecular weight is 334 g/mol. The van der Waals surface area contributed by atoms with Gasteiger partial charge in [-0.05, 0) is 18.2 Å². The van der Waals surface area contributed by atoms with Crippen LogP contribution < -0.4 is 10.1 Å². The Morgan fingerprint density at radius 1 is 1.37 bits per heavy atom. The molecule has 0 bridgehead atoms. The van der Waals surface area contributed by atoms with Crippen LogP contribution in [-0.4, -0.2) is 16.8 Å². The van der Waals surface area contributed by atoms with Gasteiger partial charge in [-0.1, -0.05) is 21.1 Å². The molecule has 1 aromatic heterocycles. The first-order chi connectivity index (χ1) is 9.15. The third-order valence-electron chi connectivity index (χ3n) is 2.24. The number of halogens is 3. The highest BCUT2D eigenvalue weighted by molar-refractivity contribution is 9.10. The Morgan fingerprint density at radius 3 is 2.89 bits per heavy atom. The first kappa shape index (κ1) is 13.9. The van der Waals surface area contributed by atoms with Gasteiger partial charge in [0.25, 0.3) is 0 Å². The molecular weight excluding hydrogens is 324 g/mol. The smallest absolute Gasteiger partial charge is 0.387 e. The largest absolute Gasteiger partial charge is 0.434 e. The van der Waals surface area contributed by atoms with Gasteiger partial charge >= 0.3 is 6.61 Å². The number of hydrogen-bond donors (Lipinski definition) is 1. The first-order valence-electron chi connectivity index (χ1n) is 5.34. The Bertz CT molecular complexity index is 523. The molecule has 0 saturated carbocycles. The van der Waals surface area contributed by atoms with Crippen LogP contribution in [0.1, 0.15) is 11.4 Å². The fraction of sp³-hybridized carbons (Fsp3) is 0.273. The molecule has 0 aliphatic carbocycles. The Kier molecular flexibility index (Phi) is 4.80. The molecule has 0 aliphatic heterocycles. The summed E-state index contributed by atoms with van der Waals surface area (Å²) in [5.41, 5.74) is 0.609. The van der Waals surface area contributed by atoms with E-state index in [-0.39, 0.29) is 5.75 Å². The van der Waals surface area contributed by atoms with Crippen LogP contribution in [0.5, 0.6) is 5.75 Å². The standard InChI is InChI=1S/C11H10BrF2N3O2/c12-8-1-2-9(19-11(13)14)7(3-8)4-15-5-10-16-6-18-17-10/h1-3,6,11,15H,4-5H2. The van der Waals surface area contributed by atoms with E-state index in [0.29, 0.717) is 24.5 Å². The van der Waals surface area contributed by atoms with E-state index in [1.54, 1.807) is 12.1 Å². The van der Waals surface area contributed by atoms with Gasteiger partial charge in [0.05, 0.1) is 6.54 Å². The average Bonchev–Trinajstić information content (AvgIpc) is 2.85. The quantitative estimate of drug-likeness (QED) is 0.880. The van der Waals surface area contributed by atoms with E-state index in [0.717, 1.165) is 4.47 Å². The molecule has 1 heterocycles. The zero-order valence-electron chi connectivity index (χ0n) is 9.65. The highest BCUT2D eigenvalue weighted by Gasteiger charge is 2.10. The molecule has 2 aromatic rings. The van der Waals surface area contributed by atoms with Gasteiger partial charge in [-0.15, -0.1) is 0 Å². The van der Waals surface area contributed by atoms with E-state index >= 15 is 0 Å². The molecule has 5 nitrogen and oxygen atoms in total. The van der Waals surface area contributed by atoms with E-state index in [9.17, 15) is 8.78 Å². The maximum absolute atomic E-state index is 12.3. The molecule has 2 rings (SSSR count). The second kappa shape index (κ2) is 6.58. The Hall–Kier alpha value is -1.54. The minimum Gasteiger partial charge on any atom is -0.434 e.